The lowest BCUT2D eigenvalue weighted by molar-refractivity contribution is 0.383. The number of benzene rings is 1. The highest BCUT2D eigenvalue weighted by atomic mass is 15.1. The monoisotopic (exact) mass is 230 g/mol. The molecule has 2 heteroatoms. The third-order valence-corrected chi connectivity index (χ3v) is 4.23. The highest BCUT2D eigenvalue weighted by Gasteiger charge is 2.39. The van der Waals surface area contributed by atoms with Crippen LogP contribution >= 0.6 is 0 Å². The first-order valence-electron chi connectivity index (χ1n) is 6.80. The van der Waals surface area contributed by atoms with Crippen LogP contribution in [0.5, 0.6) is 0 Å². The van der Waals surface area contributed by atoms with Crippen molar-refractivity contribution in [3.05, 3.63) is 35.9 Å². The Morgan fingerprint density at radius 1 is 1.35 bits per heavy atom. The summed E-state index contributed by atoms with van der Waals surface area (Å²) < 4.78 is 0. The maximum absolute atomic E-state index is 3.73. The molecule has 3 rings (SSSR count). The van der Waals surface area contributed by atoms with Gasteiger partial charge in [-0.1, -0.05) is 30.3 Å². The van der Waals surface area contributed by atoms with E-state index in [4.69, 9.17) is 0 Å². The Balaban J connectivity index is 1.50. The molecule has 2 aliphatic rings. The molecule has 17 heavy (non-hydrogen) atoms. The molecule has 1 heterocycles. The van der Waals surface area contributed by atoms with Crippen LogP contribution in [0, 0.1) is 0 Å². The van der Waals surface area contributed by atoms with Crippen molar-refractivity contribution in [2.75, 3.05) is 13.1 Å². The van der Waals surface area contributed by atoms with E-state index in [-0.39, 0.29) is 0 Å². The first-order valence-corrected chi connectivity index (χ1v) is 6.80. The summed E-state index contributed by atoms with van der Waals surface area (Å²) >= 11 is 0. The van der Waals surface area contributed by atoms with Gasteiger partial charge in [0.2, 0.25) is 0 Å². The highest BCUT2D eigenvalue weighted by molar-refractivity contribution is 5.27. The maximum atomic E-state index is 3.73. The van der Waals surface area contributed by atoms with E-state index in [9.17, 15) is 0 Å². The van der Waals surface area contributed by atoms with E-state index in [2.05, 4.69) is 47.9 Å². The van der Waals surface area contributed by atoms with E-state index in [0.717, 1.165) is 12.5 Å². The van der Waals surface area contributed by atoms with Crippen LogP contribution in [-0.4, -0.2) is 24.7 Å². The summed E-state index contributed by atoms with van der Waals surface area (Å²) in [6.07, 6.45) is 3.94. The van der Waals surface area contributed by atoms with Crippen molar-refractivity contribution < 1.29 is 0 Å². The smallest absolute Gasteiger partial charge is 0.0278 e. The second-order valence-electron chi connectivity index (χ2n) is 5.83. The van der Waals surface area contributed by atoms with Gasteiger partial charge in [0.15, 0.2) is 0 Å². The minimum Gasteiger partial charge on any atom is -0.312 e. The average molecular weight is 230 g/mol. The molecular weight excluding hydrogens is 208 g/mol. The third kappa shape index (κ3) is 2.53. The fourth-order valence-corrected chi connectivity index (χ4v) is 2.95. The van der Waals surface area contributed by atoms with Crippen LogP contribution in [0.25, 0.3) is 0 Å². The highest BCUT2D eigenvalue weighted by Crippen LogP contribution is 2.40. The lowest BCUT2D eigenvalue weighted by Gasteiger charge is -2.24. The topological polar surface area (TPSA) is 24.1 Å². The van der Waals surface area contributed by atoms with E-state index in [1.807, 2.05) is 0 Å². The maximum Gasteiger partial charge on any atom is 0.0278 e. The van der Waals surface area contributed by atoms with Gasteiger partial charge in [-0.25, -0.2) is 0 Å². The van der Waals surface area contributed by atoms with Crippen LogP contribution in [0.15, 0.2) is 30.3 Å². The van der Waals surface area contributed by atoms with Gasteiger partial charge in [0.25, 0.3) is 0 Å². The number of hydrogen-bond acceptors (Lipinski definition) is 2. The van der Waals surface area contributed by atoms with Crippen molar-refractivity contribution in [3.8, 4) is 0 Å². The van der Waals surface area contributed by atoms with Gasteiger partial charge < -0.3 is 10.6 Å². The minimum absolute atomic E-state index is 0.337. The Labute approximate surface area is 104 Å². The Morgan fingerprint density at radius 3 is 2.88 bits per heavy atom. The van der Waals surface area contributed by atoms with E-state index in [0.29, 0.717) is 11.6 Å². The van der Waals surface area contributed by atoms with Gasteiger partial charge in [0.05, 0.1) is 0 Å². The Morgan fingerprint density at radius 2 is 2.18 bits per heavy atom. The number of hydrogen-bond donors (Lipinski definition) is 2. The second kappa shape index (κ2) is 4.43. The normalized spacial score (nSPS) is 36.1. The van der Waals surface area contributed by atoms with Crippen molar-refractivity contribution in [2.45, 2.75) is 43.7 Å². The molecule has 2 N–H and O–H groups in total. The summed E-state index contributed by atoms with van der Waals surface area (Å²) in [6.45, 7) is 4.64. The molecule has 2 fully saturated rings. The molecule has 0 spiro atoms. The average Bonchev–Trinajstić information content (AvgIpc) is 3.03. The summed E-state index contributed by atoms with van der Waals surface area (Å²) in [5.41, 5.74) is 1.83. The fraction of sp³-hybridized carbons (Fsp3) is 0.600. The zero-order chi connectivity index (χ0) is 11.7. The van der Waals surface area contributed by atoms with Crippen LogP contribution in [0.2, 0.25) is 0 Å². The third-order valence-electron chi connectivity index (χ3n) is 4.23. The van der Waals surface area contributed by atoms with E-state index in [1.165, 1.54) is 31.4 Å². The van der Waals surface area contributed by atoms with Crippen LogP contribution in [-0.2, 0) is 0 Å². The zero-order valence-corrected chi connectivity index (χ0v) is 10.6. The van der Waals surface area contributed by atoms with Gasteiger partial charge in [0, 0.05) is 24.0 Å². The van der Waals surface area contributed by atoms with Crippen molar-refractivity contribution in [2.24, 2.45) is 0 Å². The van der Waals surface area contributed by atoms with Crippen molar-refractivity contribution in [3.63, 3.8) is 0 Å². The summed E-state index contributed by atoms with van der Waals surface area (Å²) in [7, 11) is 0. The molecule has 1 saturated carbocycles. The predicted molar refractivity (Wildman–Crippen MR) is 71.2 cm³/mol. The summed E-state index contributed by atoms with van der Waals surface area (Å²) in [6, 6.07) is 11.6. The SMILES string of the molecule is CC1(CNC2CC2c2ccccc2)CCCN1. The van der Waals surface area contributed by atoms with Crippen molar-refractivity contribution >= 4 is 0 Å². The van der Waals surface area contributed by atoms with Crippen LogP contribution in [0.3, 0.4) is 0 Å². The van der Waals surface area contributed by atoms with Crippen molar-refractivity contribution in [1.82, 2.24) is 10.6 Å². The van der Waals surface area contributed by atoms with Gasteiger partial charge in [-0.15, -0.1) is 0 Å². The quantitative estimate of drug-likeness (QED) is 0.829. The molecule has 2 nitrogen and oxygen atoms in total. The Bertz CT molecular complexity index is 368. The lowest BCUT2D eigenvalue weighted by Crippen LogP contribution is -2.46. The molecule has 3 unspecified atom stereocenters. The van der Waals surface area contributed by atoms with E-state index < -0.39 is 0 Å². The Kier molecular flexibility index (Phi) is 2.93. The standard InChI is InChI=1S/C15H22N2/c1-15(8-5-9-17-15)11-16-14-10-13(14)12-6-3-2-4-7-12/h2-4,6-7,13-14,16-17H,5,8-11H2,1H3. The van der Waals surface area contributed by atoms with Crippen LogP contribution in [0.4, 0.5) is 0 Å². The molecule has 0 amide bonds. The summed E-state index contributed by atoms with van der Waals surface area (Å²) in [5.74, 6) is 0.751. The molecule has 92 valence electrons. The number of nitrogens with one attached hydrogen (secondary N) is 2. The summed E-state index contributed by atoms with van der Waals surface area (Å²) in [4.78, 5) is 0. The molecule has 1 aliphatic carbocycles. The van der Waals surface area contributed by atoms with Gasteiger partial charge in [-0.2, -0.15) is 0 Å². The molecular formula is C15H22N2. The lowest BCUT2D eigenvalue weighted by atomic mass is 10.0. The first kappa shape index (κ1) is 11.2. The molecule has 1 aliphatic heterocycles. The predicted octanol–water partition coefficient (Wildman–Crippen LogP) is 2.27. The molecule has 0 aromatic heterocycles. The van der Waals surface area contributed by atoms with Gasteiger partial charge >= 0.3 is 0 Å². The number of rotatable bonds is 4. The van der Waals surface area contributed by atoms with Crippen LogP contribution in [0.1, 0.15) is 37.7 Å². The van der Waals surface area contributed by atoms with Crippen molar-refractivity contribution in [1.29, 1.82) is 0 Å². The van der Waals surface area contributed by atoms with Gasteiger partial charge in [-0.3, -0.25) is 0 Å². The van der Waals surface area contributed by atoms with E-state index in [1.54, 1.807) is 0 Å². The van der Waals surface area contributed by atoms with Crippen LogP contribution < -0.4 is 10.6 Å². The fourth-order valence-electron chi connectivity index (χ4n) is 2.95. The molecule has 3 atom stereocenters. The molecule has 1 saturated heterocycles. The van der Waals surface area contributed by atoms with Gasteiger partial charge in [-0.05, 0) is 38.3 Å². The van der Waals surface area contributed by atoms with Gasteiger partial charge in [0.1, 0.15) is 0 Å². The second-order valence-corrected chi connectivity index (χ2v) is 5.83. The molecule has 0 bridgehead atoms. The summed E-state index contributed by atoms with van der Waals surface area (Å²) in [5, 5.41) is 7.33. The molecule has 0 radical (unpaired) electrons. The molecule has 1 aromatic carbocycles. The molecule has 1 aromatic rings. The van der Waals surface area contributed by atoms with E-state index >= 15 is 0 Å². The zero-order valence-electron chi connectivity index (χ0n) is 10.6. The first-order chi connectivity index (χ1) is 8.27. The minimum atomic E-state index is 0.337. The largest absolute Gasteiger partial charge is 0.312 e. The Hall–Kier alpha value is -0.860.